The van der Waals surface area contributed by atoms with Crippen molar-refractivity contribution < 1.29 is 4.79 Å². The van der Waals surface area contributed by atoms with Crippen LogP contribution in [0.2, 0.25) is 0 Å². The molecule has 0 unspecified atom stereocenters. The predicted molar refractivity (Wildman–Crippen MR) is 60.6 cm³/mol. The zero-order chi connectivity index (χ0) is 10.8. The average molecular weight is 210 g/mol. The minimum Gasteiger partial charge on any atom is -0.342 e. The van der Waals surface area contributed by atoms with E-state index in [2.05, 4.69) is 18.7 Å². The number of rotatable bonds is 2. The Kier molecular flexibility index (Phi) is 3.29. The van der Waals surface area contributed by atoms with Crippen LogP contribution >= 0.6 is 0 Å². The molecule has 0 aromatic rings. The molecule has 2 rings (SSSR count). The van der Waals surface area contributed by atoms with E-state index in [1.807, 2.05) is 4.90 Å². The van der Waals surface area contributed by atoms with Gasteiger partial charge in [-0.3, -0.25) is 4.79 Å². The second-order valence-corrected chi connectivity index (χ2v) is 5.08. The summed E-state index contributed by atoms with van der Waals surface area (Å²) in [4.78, 5) is 16.5. The van der Waals surface area contributed by atoms with Gasteiger partial charge in [0.25, 0.3) is 0 Å². The molecule has 0 aromatic carbocycles. The monoisotopic (exact) mass is 210 g/mol. The number of hydrogen-bond acceptors (Lipinski definition) is 2. The Hall–Kier alpha value is -0.570. The number of carbonyl (C=O) groups excluding carboxylic acids is 1. The summed E-state index contributed by atoms with van der Waals surface area (Å²) < 4.78 is 0. The number of nitrogens with zero attached hydrogens (tertiary/aromatic N) is 2. The second-order valence-electron chi connectivity index (χ2n) is 5.08. The molecule has 2 aliphatic heterocycles. The van der Waals surface area contributed by atoms with Gasteiger partial charge in [-0.2, -0.15) is 0 Å². The maximum atomic E-state index is 12.0. The van der Waals surface area contributed by atoms with E-state index in [9.17, 15) is 4.79 Å². The molecule has 2 heterocycles. The highest BCUT2D eigenvalue weighted by atomic mass is 16.2. The highest BCUT2D eigenvalue weighted by Crippen LogP contribution is 2.23. The van der Waals surface area contributed by atoms with Crippen molar-refractivity contribution in [3.05, 3.63) is 0 Å². The molecular weight excluding hydrogens is 188 g/mol. The van der Waals surface area contributed by atoms with Gasteiger partial charge in [-0.05, 0) is 46.2 Å². The Morgan fingerprint density at radius 3 is 2.13 bits per heavy atom. The van der Waals surface area contributed by atoms with E-state index in [-0.39, 0.29) is 0 Å². The Bertz CT molecular complexity index is 228. The third kappa shape index (κ3) is 2.33. The molecule has 86 valence electrons. The van der Waals surface area contributed by atoms with Gasteiger partial charge in [0.15, 0.2) is 0 Å². The van der Waals surface area contributed by atoms with Crippen molar-refractivity contribution in [3.8, 4) is 0 Å². The van der Waals surface area contributed by atoms with Gasteiger partial charge < -0.3 is 9.80 Å². The summed E-state index contributed by atoms with van der Waals surface area (Å²) in [6, 6.07) is 0.630. The number of amides is 1. The summed E-state index contributed by atoms with van der Waals surface area (Å²) in [5.74, 6) is 0.741. The van der Waals surface area contributed by atoms with Crippen molar-refractivity contribution in [3.63, 3.8) is 0 Å². The molecule has 0 radical (unpaired) electrons. The molecule has 0 spiro atoms. The van der Waals surface area contributed by atoms with Crippen LogP contribution in [0.15, 0.2) is 0 Å². The molecule has 2 fully saturated rings. The van der Waals surface area contributed by atoms with E-state index in [0.29, 0.717) is 17.9 Å². The van der Waals surface area contributed by atoms with Crippen LogP contribution in [0.5, 0.6) is 0 Å². The molecule has 2 aliphatic rings. The van der Waals surface area contributed by atoms with Crippen LogP contribution in [0.25, 0.3) is 0 Å². The average Bonchev–Trinajstić information content (AvgIpc) is 2.15. The Morgan fingerprint density at radius 2 is 1.73 bits per heavy atom. The smallest absolute Gasteiger partial charge is 0.225 e. The normalized spacial score (nSPS) is 24.3. The zero-order valence-electron chi connectivity index (χ0n) is 9.91. The molecule has 0 bridgehead atoms. The lowest BCUT2D eigenvalue weighted by atomic mass is 9.93. The van der Waals surface area contributed by atoms with Crippen LogP contribution in [-0.4, -0.2) is 47.9 Å². The number of piperidine rings is 1. The molecule has 2 saturated heterocycles. The van der Waals surface area contributed by atoms with Crippen LogP contribution in [0.1, 0.15) is 33.1 Å². The third-order valence-electron chi connectivity index (χ3n) is 3.78. The maximum Gasteiger partial charge on any atom is 0.225 e. The van der Waals surface area contributed by atoms with Crippen molar-refractivity contribution in [1.82, 2.24) is 9.80 Å². The molecule has 0 saturated carbocycles. The minimum atomic E-state index is 0.320. The van der Waals surface area contributed by atoms with Crippen molar-refractivity contribution in [2.24, 2.45) is 5.92 Å². The molecular formula is C12H22N2O. The van der Waals surface area contributed by atoms with Gasteiger partial charge in [0, 0.05) is 25.0 Å². The number of carbonyl (C=O) groups is 1. The van der Waals surface area contributed by atoms with Gasteiger partial charge in [0.1, 0.15) is 0 Å². The van der Waals surface area contributed by atoms with E-state index < -0.39 is 0 Å². The minimum absolute atomic E-state index is 0.320. The molecule has 0 atom stereocenters. The van der Waals surface area contributed by atoms with E-state index in [1.54, 1.807) is 0 Å². The van der Waals surface area contributed by atoms with Gasteiger partial charge in [-0.15, -0.1) is 0 Å². The summed E-state index contributed by atoms with van der Waals surface area (Å²) in [6.07, 6.45) is 3.33. The second kappa shape index (κ2) is 4.52. The van der Waals surface area contributed by atoms with Crippen molar-refractivity contribution in [2.45, 2.75) is 39.2 Å². The fourth-order valence-corrected chi connectivity index (χ4v) is 2.46. The first kappa shape index (κ1) is 10.9. The first-order valence-electron chi connectivity index (χ1n) is 6.21. The first-order valence-corrected chi connectivity index (χ1v) is 6.21. The highest BCUT2D eigenvalue weighted by molar-refractivity contribution is 5.79. The van der Waals surface area contributed by atoms with Gasteiger partial charge in [-0.1, -0.05) is 0 Å². The van der Waals surface area contributed by atoms with Gasteiger partial charge in [-0.25, -0.2) is 0 Å². The molecule has 15 heavy (non-hydrogen) atoms. The van der Waals surface area contributed by atoms with Crippen molar-refractivity contribution >= 4 is 5.91 Å². The standard InChI is InChI=1S/C12H22N2O/c1-10(2)13-8-4-11(5-9-13)12(15)14-6-3-7-14/h10-11H,3-9H2,1-2H3. The van der Waals surface area contributed by atoms with Crippen LogP contribution < -0.4 is 0 Å². The van der Waals surface area contributed by atoms with E-state index in [4.69, 9.17) is 0 Å². The van der Waals surface area contributed by atoms with Crippen LogP contribution in [0, 0.1) is 5.92 Å². The first-order chi connectivity index (χ1) is 7.18. The van der Waals surface area contributed by atoms with Gasteiger partial charge in [0.05, 0.1) is 0 Å². The van der Waals surface area contributed by atoms with Crippen LogP contribution in [-0.2, 0) is 4.79 Å². The Balaban J connectivity index is 1.79. The quantitative estimate of drug-likeness (QED) is 0.686. The summed E-state index contributed by atoms with van der Waals surface area (Å²) in [6.45, 7) is 8.67. The Morgan fingerprint density at radius 1 is 1.13 bits per heavy atom. The lowest BCUT2D eigenvalue weighted by Crippen LogP contribution is -2.48. The zero-order valence-corrected chi connectivity index (χ0v) is 9.91. The van der Waals surface area contributed by atoms with E-state index in [0.717, 1.165) is 39.0 Å². The highest BCUT2D eigenvalue weighted by Gasteiger charge is 2.31. The molecule has 3 nitrogen and oxygen atoms in total. The predicted octanol–water partition coefficient (Wildman–Crippen LogP) is 1.34. The molecule has 0 N–H and O–H groups in total. The van der Waals surface area contributed by atoms with E-state index >= 15 is 0 Å². The fraction of sp³-hybridized carbons (Fsp3) is 0.917. The summed E-state index contributed by atoms with van der Waals surface area (Å²) in [5.41, 5.74) is 0. The lowest BCUT2D eigenvalue weighted by Gasteiger charge is -2.38. The van der Waals surface area contributed by atoms with Gasteiger partial charge >= 0.3 is 0 Å². The molecule has 1 amide bonds. The summed E-state index contributed by atoms with van der Waals surface area (Å²) in [5, 5.41) is 0. The van der Waals surface area contributed by atoms with E-state index in [1.165, 1.54) is 6.42 Å². The largest absolute Gasteiger partial charge is 0.342 e. The van der Waals surface area contributed by atoms with Crippen LogP contribution in [0.4, 0.5) is 0 Å². The Labute approximate surface area is 92.4 Å². The number of likely N-dealkylation sites (tertiary alicyclic amines) is 2. The molecule has 3 heteroatoms. The van der Waals surface area contributed by atoms with Crippen molar-refractivity contribution in [2.75, 3.05) is 26.2 Å². The lowest BCUT2D eigenvalue weighted by molar-refractivity contribution is -0.140. The molecule has 0 aliphatic carbocycles. The van der Waals surface area contributed by atoms with Crippen molar-refractivity contribution in [1.29, 1.82) is 0 Å². The number of hydrogen-bond donors (Lipinski definition) is 0. The third-order valence-corrected chi connectivity index (χ3v) is 3.78. The fourth-order valence-electron chi connectivity index (χ4n) is 2.46. The topological polar surface area (TPSA) is 23.6 Å². The summed E-state index contributed by atoms with van der Waals surface area (Å²) in [7, 11) is 0. The maximum absolute atomic E-state index is 12.0. The van der Waals surface area contributed by atoms with Crippen LogP contribution in [0.3, 0.4) is 0 Å². The summed E-state index contributed by atoms with van der Waals surface area (Å²) >= 11 is 0. The molecule has 0 aromatic heterocycles. The SMILES string of the molecule is CC(C)N1CCC(C(=O)N2CCC2)CC1. The van der Waals surface area contributed by atoms with Gasteiger partial charge in [0.2, 0.25) is 5.91 Å².